The minimum atomic E-state index is -0.790. The summed E-state index contributed by atoms with van der Waals surface area (Å²) in [4.78, 5) is 11.0. The highest BCUT2D eigenvalue weighted by molar-refractivity contribution is 5.73. The highest BCUT2D eigenvalue weighted by Gasteiger charge is 2.27. The third-order valence-electron chi connectivity index (χ3n) is 2.69. The van der Waals surface area contributed by atoms with Gasteiger partial charge in [-0.1, -0.05) is 13.8 Å². The predicted octanol–water partition coefficient (Wildman–Crippen LogP) is 1.27. The molecule has 0 aliphatic heterocycles. The van der Waals surface area contributed by atoms with E-state index in [0.29, 0.717) is 38.2 Å². The number of nitrogens with one attached hydrogen (secondary N) is 1. The first-order valence-corrected chi connectivity index (χ1v) is 6.74. The lowest BCUT2D eigenvalue weighted by Crippen LogP contribution is -2.39. The molecule has 1 unspecified atom stereocenters. The zero-order valence-corrected chi connectivity index (χ0v) is 11.4. The lowest BCUT2D eigenvalue weighted by atomic mass is 10.2. The van der Waals surface area contributed by atoms with Crippen molar-refractivity contribution in [1.82, 2.24) is 5.32 Å². The Balaban J connectivity index is 1.95. The van der Waals surface area contributed by atoms with Gasteiger partial charge >= 0.3 is 5.97 Å². The first-order valence-electron chi connectivity index (χ1n) is 6.74. The van der Waals surface area contributed by atoms with E-state index in [4.69, 9.17) is 14.6 Å². The second-order valence-corrected chi connectivity index (χ2v) is 5.20. The number of ether oxygens (including phenoxy) is 2. The molecule has 1 aliphatic carbocycles. The molecule has 1 rings (SSSR count). The van der Waals surface area contributed by atoms with Crippen molar-refractivity contribution in [1.29, 1.82) is 0 Å². The summed E-state index contributed by atoms with van der Waals surface area (Å²) in [6.45, 7) is 6.50. The highest BCUT2D eigenvalue weighted by Crippen LogP contribution is 2.19. The molecule has 0 heterocycles. The van der Waals surface area contributed by atoms with Crippen LogP contribution in [0.1, 0.15) is 33.1 Å². The Hall–Kier alpha value is -0.650. The van der Waals surface area contributed by atoms with Crippen molar-refractivity contribution >= 4 is 5.97 Å². The second-order valence-electron chi connectivity index (χ2n) is 5.20. The molecule has 0 saturated heterocycles. The van der Waals surface area contributed by atoms with Crippen LogP contribution in [0.4, 0.5) is 0 Å². The minimum Gasteiger partial charge on any atom is -0.480 e. The molecule has 0 spiro atoms. The summed E-state index contributed by atoms with van der Waals surface area (Å²) in [6, 6.07) is -0.0745. The standard InChI is InChI=1S/C13H25NO4/c1-10(2)9-18-8-7-17-6-5-12(13(15)16)14-11-3-4-11/h10-12,14H,3-9H2,1-2H3,(H,15,16). The quantitative estimate of drug-likeness (QED) is 0.547. The van der Waals surface area contributed by atoms with Gasteiger partial charge in [0.15, 0.2) is 0 Å². The van der Waals surface area contributed by atoms with Crippen molar-refractivity contribution in [3.63, 3.8) is 0 Å². The van der Waals surface area contributed by atoms with Gasteiger partial charge in [0.2, 0.25) is 0 Å². The number of carboxylic acids is 1. The van der Waals surface area contributed by atoms with E-state index in [1.807, 2.05) is 0 Å². The van der Waals surface area contributed by atoms with Crippen molar-refractivity contribution in [2.75, 3.05) is 26.4 Å². The van der Waals surface area contributed by atoms with Gasteiger partial charge in [-0.25, -0.2) is 0 Å². The Morgan fingerprint density at radius 2 is 1.94 bits per heavy atom. The summed E-state index contributed by atoms with van der Waals surface area (Å²) in [7, 11) is 0. The molecule has 1 saturated carbocycles. The zero-order valence-electron chi connectivity index (χ0n) is 11.4. The van der Waals surface area contributed by atoms with Crippen molar-refractivity contribution in [2.45, 2.75) is 45.2 Å². The van der Waals surface area contributed by atoms with E-state index in [9.17, 15) is 4.79 Å². The predicted molar refractivity (Wildman–Crippen MR) is 68.7 cm³/mol. The smallest absolute Gasteiger partial charge is 0.320 e. The first-order chi connectivity index (χ1) is 8.59. The van der Waals surface area contributed by atoms with Crippen molar-refractivity contribution in [2.24, 2.45) is 5.92 Å². The van der Waals surface area contributed by atoms with Crippen LogP contribution in [0, 0.1) is 5.92 Å². The molecular weight excluding hydrogens is 234 g/mol. The van der Waals surface area contributed by atoms with E-state index < -0.39 is 12.0 Å². The summed E-state index contributed by atoms with van der Waals surface area (Å²) in [5.74, 6) is -0.259. The lowest BCUT2D eigenvalue weighted by Gasteiger charge is -2.14. The average Bonchev–Trinajstić information content (AvgIpc) is 3.09. The fourth-order valence-corrected chi connectivity index (χ4v) is 1.55. The van der Waals surface area contributed by atoms with Crippen LogP contribution in [0.25, 0.3) is 0 Å². The average molecular weight is 259 g/mol. The van der Waals surface area contributed by atoms with Gasteiger partial charge < -0.3 is 19.9 Å². The van der Waals surface area contributed by atoms with Crippen LogP contribution in [0.3, 0.4) is 0 Å². The molecule has 0 amide bonds. The van der Waals surface area contributed by atoms with Crippen LogP contribution in [0.15, 0.2) is 0 Å². The third kappa shape index (κ3) is 7.63. The molecular formula is C13H25NO4. The van der Waals surface area contributed by atoms with Gasteiger partial charge in [-0.2, -0.15) is 0 Å². The molecule has 2 N–H and O–H groups in total. The minimum absolute atomic E-state index is 0.403. The number of carboxylic acid groups (broad SMARTS) is 1. The van der Waals surface area contributed by atoms with Crippen LogP contribution in [-0.2, 0) is 14.3 Å². The first kappa shape index (κ1) is 15.4. The number of hydrogen-bond donors (Lipinski definition) is 2. The number of aliphatic carboxylic acids is 1. The summed E-state index contributed by atoms with van der Waals surface area (Å²) in [5.41, 5.74) is 0. The number of hydrogen-bond acceptors (Lipinski definition) is 4. The number of rotatable bonds is 11. The van der Waals surface area contributed by atoms with Crippen molar-refractivity contribution in [3.05, 3.63) is 0 Å². The van der Waals surface area contributed by atoms with Crippen LogP contribution < -0.4 is 5.32 Å². The normalized spacial score (nSPS) is 17.1. The zero-order chi connectivity index (χ0) is 13.4. The maximum Gasteiger partial charge on any atom is 0.320 e. The SMILES string of the molecule is CC(C)COCCOCCC(NC1CC1)C(=O)O. The molecule has 1 atom stereocenters. The largest absolute Gasteiger partial charge is 0.480 e. The fraction of sp³-hybridized carbons (Fsp3) is 0.923. The van der Waals surface area contributed by atoms with Gasteiger partial charge in [0.05, 0.1) is 13.2 Å². The van der Waals surface area contributed by atoms with Crippen molar-refractivity contribution < 1.29 is 19.4 Å². The summed E-state index contributed by atoms with van der Waals surface area (Å²) < 4.78 is 10.7. The van der Waals surface area contributed by atoms with Gasteiger partial charge in [-0.15, -0.1) is 0 Å². The molecule has 1 fully saturated rings. The Labute approximate surface area is 109 Å². The molecule has 0 aromatic rings. The summed E-state index contributed by atoms with van der Waals surface area (Å²) in [6.07, 6.45) is 2.69. The maximum absolute atomic E-state index is 11.0. The molecule has 0 bridgehead atoms. The van der Waals surface area contributed by atoms with Crippen LogP contribution in [0.5, 0.6) is 0 Å². The summed E-state index contributed by atoms with van der Waals surface area (Å²) in [5, 5.41) is 12.1. The third-order valence-corrected chi connectivity index (χ3v) is 2.69. The van der Waals surface area contributed by atoms with Gasteiger partial charge in [-0.05, 0) is 25.2 Å². The van der Waals surface area contributed by atoms with Gasteiger partial charge in [0, 0.05) is 19.3 Å². The Morgan fingerprint density at radius 1 is 1.28 bits per heavy atom. The Kier molecular flexibility index (Phi) is 7.23. The molecule has 0 aromatic carbocycles. The van der Waals surface area contributed by atoms with Gasteiger partial charge in [0.25, 0.3) is 0 Å². The van der Waals surface area contributed by atoms with Crippen LogP contribution >= 0.6 is 0 Å². The van der Waals surface area contributed by atoms with Crippen LogP contribution in [-0.4, -0.2) is 49.6 Å². The van der Waals surface area contributed by atoms with E-state index in [2.05, 4.69) is 19.2 Å². The lowest BCUT2D eigenvalue weighted by molar-refractivity contribution is -0.140. The monoisotopic (exact) mass is 259 g/mol. The molecule has 5 heteroatoms. The van der Waals surface area contributed by atoms with Gasteiger partial charge in [-0.3, -0.25) is 4.79 Å². The molecule has 0 aromatic heterocycles. The molecule has 5 nitrogen and oxygen atoms in total. The van der Waals surface area contributed by atoms with E-state index in [-0.39, 0.29) is 0 Å². The topological polar surface area (TPSA) is 67.8 Å². The van der Waals surface area contributed by atoms with Crippen molar-refractivity contribution in [3.8, 4) is 0 Å². The Morgan fingerprint density at radius 3 is 2.50 bits per heavy atom. The van der Waals surface area contributed by atoms with Gasteiger partial charge in [0.1, 0.15) is 6.04 Å². The maximum atomic E-state index is 11.0. The fourth-order valence-electron chi connectivity index (χ4n) is 1.55. The van der Waals surface area contributed by atoms with E-state index in [1.54, 1.807) is 0 Å². The Bertz CT molecular complexity index is 241. The van der Waals surface area contributed by atoms with E-state index in [1.165, 1.54) is 0 Å². The molecule has 0 radical (unpaired) electrons. The molecule has 106 valence electrons. The second kappa shape index (κ2) is 8.45. The summed E-state index contributed by atoms with van der Waals surface area (Å²) >= 11 is 0. The molecule has 18 heavy (non-hydrogen) atoms. The van der Waals surface area contributed by atoms with Crippen LogP contribution in [0.2, 0.25) is 0 Å². The molecule has 1 aliphatic rings. The number of carbonyl (C=O) groups is 1. The highest BCUT2D eigenvalue weighted by atomic mass is 16.5. The van der Waals surface area contributed by atoms with E-state index >= 15 is 0 Å². The van der Waals surface area contributed by atoms with E-state index in [0.717, 1.165) is 19.4 Å².